The third-order valence-electron chi connectivity index (χ3n) is 2.98. The molecule has 0 aliphatic rings. The van der Waals surface area contributed by atoms with Crippen molar-refractivity contribution in [2.45, 2.75) is 6.42 Å². The quantitative estimate of drug-likeness (QED) is 0.712. The average Bonchev–Trinajstić information content (AvgIpc) is 2.44. The summed E-state index contributed by atoms with van der Waals surface area (Å²) in [5.41, 5.74) is 6.46. The minimum Gasteiger partial charge on any atom is -0.396 e. The van der Waals surface area contributed by atoms with Gasteiger partial charge in [-0.25, -0.2) is 9.37 Å². The van der Waals surface area contributed by atoms with Gasteiger partial charge in [0, 0.05) is 25.1 Å². The maximum atomic E-state index is 12.9. The molecule has 1 atom stereocenters. The summed E-state index contributed by atoms with van der Waals surface area (Å²) >= 11 is 5.79. The van der Waals surface area contributed by atoms with E-state index in [2.05, 4.69) is 15.3 Å². The van der Waals surface area contributed by atoms with Crippen molar-refractivity contribution in [3.05, 3.63) is 46.9 Å². The second-order valence-electron chi connectivity index (χ2n) is 4.69. The first-order valence-corrected chi connectivity index (χ1v) is 6.84. The Hall–Kier alpha value is -1.92. The number of aliphatic hydroxyl groups is 1. The fourth-order valence-electron chi connectivity index (χ4n) is 1.93. The fraction of sp³-hybridized carbons (Fsp3) is 0.286. The molecule has 0 unspecified atom stereocenters. The van der Waals surface area contributed by atoms with Gasteiger partial charge in [0.2, 0.25) is 5.95 Å². The number of aliphatic hydroxyl groups excluding tert-OH is 1. The van der Waals surface area contributed by atoms with E-state index >= 15 is 0 Å². The van der Waals surface area contributed by atoms with Crippen LogP contribution in [0.25, 0.3) is 0 Å². The zero-order chi connectivity index (χ0) is 15.2. The minimum absolute atomic E-state index is 0.00132. The Balaban J connectivity index is 1.94. The van der Waals surface area contributed by atoms with Crippen LogP contribution in [-0.2, 0) is 6.42 Å². The molecule has 1 aromatic carbocycles. The topological polar surface area (TPSA) is 84.1 Å². The molecule has 0 saturated carbocycles. The van der Waals surface area contributed by atoms with Crippen LogP contribution in [0.15, 0.2) is 30.3 Å². The Morgan fingerprint density at radius 3 is 2.62 bits per heavy atom. The van der Waals surface area contributed by atoms with E-state index in [1.165, 1.54) is 12.1 Å². The number of hydrogen-bond acceptors (Lipinski definition) is 5. The van der Waals surface area contributed by atoms with E-state index in [0.717, 1.165) is 5.56 Å². The molecule has 5 nitrogen and oxygen atoms in total. The van der Waals surface area contributed by atoms with E-state index < -0.39 is 0 Å². The van der Waals surface area contributed by atoms with E-state index in [4.69, 9.17) is 17.3 Å². The standard InChI is InChI=1S/C14H16ClFN4O/c15-12-6-13(20-14(17)19-12)18-7-10(8-21)5-9-1-3-11(16)4-2-9/h1-4,6,10,21H,5,7-8H2,(H3,17,18,19,20)/t10-/m1/s1. The Morgan fingerprint density at radius 2 is 2.00 bits per heavy atom. The zero-order valence-corrected chi connectivity index (χ0v) is 12.0. The summed E-state index contributed by atoms with van der Waals surface area (Å²) in [6, 6.07) is 7.78. The van der Waals surface area contributed by atoms with Crippen LogP contribution in [0, 0.1) is 11.7 Å². The third kappa shape index (κ3) is 4.84. The Kier molecular flexibility index (Phi) is 5.30. The first-order chi connectivity index (χ1) is 10.1. The van der Waals surface area contributed by atoms with Gasteiger partial charge in [0.15, 0.2) is 0 Å². The van der Waals surface area contributed by atoms with Gasteiger partial charge in [-0.3, -0.25) is 0 Å². The van der Waals surface area contributed by atoms with Crippen molar-refractivity contribution in [2.24, 2.45) is 5.92 Å². The molecule has 7 heteroatoms. The van der Waals surface area contributed by atoms with Gasteiger partial charge < -0.3 is 16.2 Å². The first kappa shape index (κ1) is 15.5. The molecule has 0 fully saturated rings. The van der Waals surface area contributed by atoms with E-state index in [-0.39, 0.29) is 29.4 Å². The molecule has 112 valence electrons. The monoisotopic (exact) mass is 310 g/mol. The third-order valence-corrected chi connectivity index (χ3v) is 3.17. The summed E-state index contributed by atoms with van der Waals surface area (Å²) in [4.78, 5) is 7.76. The molecule has 0 saturated heterocycles. The van der Waals surface area contributed by atoms with Crippen molar-refractivity contribution in [3.63, 3.8) is 0 Å². The number of nitrogens with two attached hydrogens (primary N) is 1. The van der Waals surface area contributed by atoms with Crippen LogP contribution >= 0.6 is 11.6 Å². The van der Waals surface area contributed by atoms with E-state index in [0.29, 0.717) is 18.8 Å². The minimum atomic E-state index is -0.275. The number of anilines is 2. The second kappa shape index (κ2) is 7.19. The van der Waals surface area contributed by atoms with Crippen molar-refractivity contribution in [1.29, 1.82) is 0 Å². The number of aromatic nitrogens is 2. The van der Waals surface area contributed by atoms with Crippen LogP contribution in [0.3, 0.4) is 0 Å². The number of nitrogen functional groups attached to an aromatic ring is 1. The molecule has 0 bridgehead atoms. The van der Waals surface area contributed by atoms with Crippen molar-refractivity contribution in [3.8, 4) is 0 Å². The molecular formula is C14H16ClFN4O. The summed E-state index contributed by atoms with van der Waals surface area (Å²) in [6.45, 7) is 0.485. The number of hydrogen-bond donors (Lipinski definition) is 3. The maximum Gasteiger partial charge on any atom is 0.223 e. The van der Waals surface area contributed by atoms with Gasteiger partial charge in [-0.05, 0) is 24.1 Å². The van der Waals surface area contributed by atoms with Crippen LogP contribution in [0.4, 0.5) is 16.2 Å². The lowest BCUT2D eigenvalue weighted by Crippen LogP contribution is -2.21. The lowest BCUT2D eigenvalue weighted by atomic mass is 10.00. The van der Waals surface area contributed by atoms with Gasteiger partial charge in [0.25, 0.3) is 0 Å². The number of benzene rings is 1. The molecule has 1 aromatic heterocycles. The van der Waals surface area contributed by atoms with Gasteiger partial charge in [-0.2, -0.15) is 4.98 Å². The number of nitrogens with one attached hydrogen (secondary N) is 1. The SMILES string of the molecule is Nc1nc(Cl)cc(NC[C@H](CO)Cc2ccc(F)cc2)n1. The van der Waals surface area contributed by atoms with Crippen LogP contribution in [-0.4, -0.2) is 28.2 Å². The normalized spacial score (nSPS) is 12.1. The molecule has 2 aromatic rings. The summed E-state index contributed by atoms with van der Waals surface area (Å²) in [5, 5.41) is 12.7. The summed E-state index contributed by atoms with van der Waals surface area (Å²) in [5.74, 6) is 0.281. The molecule has 1 heterocycles. The average molecular weight is 311 g/mol. The molecular weight excluding hydrogens is 295 g/mol. The highest BCUT2D eigenvalue weighted by atomic mass is 35.5. The number of rotatable bonds is 6. The van der Waals surface area contributed by atoms with Crippen molar-refractivity contribution >= 4 is 23.4 Å². The lowest BCUT2D eigenvalue weighted by molar-refractivity contribution is 0.232. The molecule has 0 amide bonds. The molecule has 0 aliphatic heterocycles. The van der Waals surface area contributed by atoms with E-state index in [9.17, 15) is 9.50 Å². The zero-order valence-electron chi connectivity index (χ0n) is 11.3. The summed E-state index contributed by atoms with van der Waals surface area (Å²) in [6.07, 6.45) is 0.623. The van der Waals surface area contributed by atoms with Crippen LogP contribution < -0.4 is 11.1 Å². The predicted molar refractivity (Wildman–Crippen MR) is 80.6 cm³/mol. The van der Waals surface area contributed by atoms with Crippen LogP contribution in [0.5, 0.6) is 0 Å². The van der Waals surface area contributed by atoms with Gasteiger partial charge in [0.05, 0.1) is 0 Å². The molecule has 4 N–H and O–H groups in total. The maximum absolute atomic E-state index is 12.9. The molecule has 0 spiro atoms. The van der Waals surface area contributed by atoms with Crippen molar-refractivity contribution in [2.75, 3.05) is 24.2 Å². The highest BCUT2D eigenvalue weighted by Gasteiger charge is 2.10. The predicted octanol–water partition coefficient (Wildman–Crippen LogP) is 2.11. The van der Waals surface area contributed by atoms with Gasteiger partial charge in [-0.1, -0.05) is 23.7 Å². The number of nitrogens with zero attached hydrogens (tertiary/aromatic N) is 2. The molecule has 2 rings (SSSR count). The second-order valence-corrected chi connectivity index (χ2v) is 5.08. The largest absolute Gasteiger partial charge is 0.396 e. The Bertz CT molecular complexity index is 574. The Morgan fingerprint density at radius 1 is 1.29 bits per heavy atom. The van der Waals surface area contributed by atoms with E-state index in [1.54, 1.807) is 18.2 Å². The smallest absolute Gasteiger partial charge is 0.223 e. The summed E-state index contributed by atoms with van der Waals surface area (Å²) < 4.78 is 12.9. The van der Waals surface area contributed by atoms with Gasteiger partial charge >= 0.3 is 0 Å². The Labute approximate surface area is 127 Å². The summed E-state index contributed by atoms with van der Waals surface area (Å²) in [7, 11) is 0. The number of halogens is 2. The van der Waals surface area contributed by atoms with Gasteiger partial charge in [-0.15, -0.1) is 0 Å². The lowest BCUT2D eigenvalue weighted by Gasteiger charge is -2.15. The molecule has 0 aliphatic carbocycles. The van der Waals surface area contributed by atoms with Crippen LogP contribution in [0.2, 0.25) is 5.15 Å². The van der Waals surface area contributed by atoms with E-state index in [1.807, 2.05) is 0 Å². The fourth-order valence-corrected chi connectivity index (χ4v) is 2.12. The highest BCUT2D eigenvalue weighted by Crippen LogP contribution is 2.14. The molecule has 0 radical (unpaired) electrons. The van der Waals surface area contributed by atoms with Gasteiger partial charge in [0.1, 0.15) is 16.8 Å². The van der Waals surface area contributed by atoms with Crippen molar-refractivity contribution < 1.29 is 9.50 Å². The van der Waals surface area contributed by atoms with Crippen molar-refractivity contribution in [1.82, 2.24) is 9.97 Å². The van der Waals surface area contributed by atoms with Crippen LogP contribution in [0.1, 0.15) is 5.56 Å². The highest BCUT2D eigenvalue weighted by molar-refractivity contribution is 6.29. The molecule has 21 heavy (non-hydrogen) atoms. The first-order valence-electron chi connectivity index (χ1n) is 6.46.